The zero-order chi connectivity index (χ0) is 10.5. The standard InChI is InChI=1S/C9H18O3S/c1-4-5-6-13(12)7-9(2,3)8(10)11/h4-7H2,1-3H3,(H,10,11). The summed E-state index contributed by atoms with van der Waals surface area (Å²) >= 11 is 0. The molecule has 0 aromatic carbocycles. The highest BCUT2D eigenvalue weighted by atomic mass is 32.2. The van der Waals surface area contributed by atoms with Crippen LogP contribution in [0.25, 0.3) is 0 Å². The molecule has 4 heteroatoms. The van der Waals surface area contributed by atoms with Gasteiger partial charge in [0, 0.05) is 22.3 Å². The Kier molecular flexibility index (Phi) is 5.21. The highest BCUT2D eigenvalue weighted by Crippen LogP contribution is 2.17. The quantitative estimate of drug-likeness (QED) is 0.719. The van der Waals surface area contributed by atoms with Crippen LogP contribution in [0.15, 0.2) is 0 Å². The molecule has 13 heavy (non-hydrogen) atoms. The minimum Gasteiger partial charge on any atom is -0.481 e. The second-order valence-corrected chi connectivity index (χ2v) is 5.41. The predicted molar refractivity (Wildman–Crippen MR) is 54.2 cm³/mol. The smallest absolute Gasteiger partial charge is 0.310 e. The molecule has 1 unspecified atom stereocenters. The third-order valence-electron chi connectivity index (χ3n) is 1.83. The highest BCUT2D eigenvalue weighted by molar-refractivity contribution is 7.85. The van der Waals surface area contributed by atoms with Crippen LogP contribution in [0, 0.1) is 5.41 Å². The molecule has 0 aliphatic rings. The molecule has 0 radical (unpaired) electrons. The summed E-state index contributed by atoms with van der Waals surface area (Å²) in [5.74, 6) is -0.00688. The first kappa shape index (κ1) is 12.6. The number of hydrogen-bond donors (Lipinski definition) is 1. The lowest BCUT2D eigenvalue weighted by atomic mass is 9.97. The predicted octanol–water partition coefficient (Wildman–Crippen LogP) is 1.65. The van der Waals surface area contributed by atoms with Crippen LogP contribution in [0.2, 0.25) is 0 Å². The molecule has 0 spiro atoms. The Morgan fingerprint density at radius 3 is 2.38 bits per heavy atom. The van der Waals surface area contributed by atoms with Gasteiger partial charge in [-0.15, -0.1) is 0 Å². The molecule has 0 heterocycles. The summed E-state index contributed by atoms with van der Waals surface area (Å²) in [7, 11) is -0.991. The molecule has 0 bridgehead atoms. The van der Waals surface area contributed by atoms with Gasteiger partial charge < -0.3 is 5.11 Å². The Morgan fingerprint density at radius 1 is 1.46 bits per heavy atom. The van der Waals surface area contributed by atoms with Gasteiger partial charge in [0.05, 0.1) is 5.41 Å². The zero-order valence-corrected chi connectivity index (χ0v) is 9.32. The lowest BCUT2D eigenvalue weighted by Gasteiger charge is -2.17. The van der Waals surface area contributed by atoms with Crippen LogP contribution in [0.1, 0.15) is 33.6 Å². The molecule has 0 aromatic heterocycles. The van der Waals surface area contributed by atoms with E-state index in [2.05, 4.69) is 0 Å². The topological polar surface area (TPSA) is 54.4 Å². The fraction of sp³-hybridized carbons (Fsp3) is 0.889. The second kappa shape index (κ2) is 5.37. The van der Waals surface area contributed by atoms with Crippen molar-refractivity contribution in [3.63, 3.8) is 0 Å². The molecule has 0 rings (SSSR count). The first-order valence-corrected chi connectivity index (χ1v) is 5.97. The van der Waals surface area contributed by atoms with Gasteiger partial charge in [0.15, 0.2) is 0 Å². The first-order valence-electron chi connectivity index (χ1n) is 4.48. The van der Waals surface area contributed by atoms with E-state index in [0.717, 1.165) is 12.8 Å². The zero-order valence-electron chi connectivity index (χ0n) is 8.50. The van der Waals surface area contributed by atoms with Crippen LogP contribution in [-0.4, -0.2) is 26.8 Å². The van der Waals surface area contributed by atoms with E-state index < -0.39 is 22.2 Å². The summed E-state index contributed by atoms with van der Waals surface area (Å²) < 4.78 is 11.4. The van der Waals surface area contributed by atoms with Crippen molar-refractivity contribution in [2.24, 2.45) is 5.41 Å². The minimum atomic E-state index is -0.991. The number of carbonyl (C=O) groups is 1. The monoisotopic (exact) mass is 206 g/mol. The Bertz CT molecular complexity index is 199. The lowest BCUT2D eigenvalue weighted by molar-refractivity contribution is -0.145. The molecule has 1 atom stereocenters. The normalized spacial score (nSPS) is 14.1. The van der Waals surface area contributed by atoms with E-state index in [-0.39, 0.29) is 5.75 Å². The average Bonchev–Trinajstić information content (AvgIpc) is 1.99. The molecule has 1 N–H and O–H groups in total. The number of carboxylic acid groups (broad SMARTS) is 1. The van der Waals surface area contributed by atoms with Crippen LogP contribution in [0.5, 0.6) is 0 Å². The fourth-order valence-electron chi connectivity index (χ4n) is 0.842. The fourth-order valence-corrected chi connectivity index (χ4v) is 2.53. The SMILES string of the molecule is CCCCS(=O)CC(C)(C)C(=O)O. The van der Waals surface area contributed by atoms with Crippen LogP contribution in [-0.2, 0) is 15.6 Å². The van der Waals surface area contributed by atoms with Crippen molar-refractivity contribution in [3.8, 4) is 0 Å². The van der Waals surface area contributed by atoms with Gasteiger partial charge in [-0.2, -0.15) is 0 Å². The number of unbranched alkanes of at least 4 members (excludes halogenated alkanes) is 1. The number of rotatable bonds is 6. The highest BCUT2D eigenvalue weighted by Gasteiger charge is 2.29. The lowest BCUT2D eigenvalue weighted by Crippen LogP contribution is -2.30. The molecule has 0 aliphatic heterocycles. The maximum Gasteiger partial charge on any atom is 0.310 e. The molecular weight excluding hydrogens is 188 g/mol. The Labute approximate surface area is 82.0 Å². The van der Waals surface area contributed by atoms with Crippen LogP contribution in [0.3, 0.4) is 0 Å². The Balaban J connectivity index is 3.97. The van der Waals surface area contributed by atoms with Crippen molar-refractivity contribution in [3.05, 3.63) is 0 Å². The van der Waals surface area contributed by atoms with Crippen molar-refractivity contribution in [1.29, 1.82) is 0 Å². The summed E-state index contributed by atoms with van der Waals surface area (Å²) in [6.45, 7) is 5.25. The van der Waals surface area contributed by atoms with Gasteiger partial charge >= 0.3 is 5.97 Å². The third-order valence-corrected chi connectivity index (χ3v) is 3.61. The maximum absolute atomic E-state index is 11.4. The largest absolute Gasteiger partial charge is 0.481 e. The van der Waals surface area contributed by atoms with E-state index in [0.29, 0.717) is 5.75 Å². The van der Waals surface area contributed by atoms with E-state index in [4.69, 9.17) is 5.11 Å². The molecule has 3 nitrogen and oxygen atoms in total. The van der Waals surface area contributed by atoms with E-state index in [1.54, 1.807) is 13.8 Å². The summed E-state index contributed by atoms with van der Waals surface area (Å²) in [5.41, 5.74) is -0.862. The second-order valence-electron chi connectivity index (χ2n) is 3.83. The van der Waals surface area contributed by atoms with Gasteiger partial charge in [-0.1, -0.05) is 13.3 Å². The summed E-state index contributed by atoms with van der Waals surface area (Å²) in [6, 6.07) is 0. The van der Waals surface area contributed by atoms with E-state index in [1.807, 2.05) is 6.92 Å². The van der Waals surface area contributed by atoms with Gasteiger partial charge in [0.2, 0.25) is 0 Å². The number of aliphatic carboxylic acids is 1. The summed E-state index contributed by atoms with van der Waals surface area (Å²) in [4.78, 5) is 10.7. The molecular formula is C9H18O3S. The summed E-state index contributed by atoms with van der Waals surface area (Å²) in [6.07, 6.45) is 1.90. The molecule has 0 saturated carbocycles. The molecule has 0 aliphatic carbocycles. The first-order chi connectivity index (χ1) is 5.90. The van der Waals surface area contributed by atoms with E-state index in [1.165, 1.54) is 0 Å². The Morgan fingerprint density at radius 2 is 2.00 bits per heavy atom. The molecule has 0 aromatic rings. The van der Waals surface area contributed by atoms with Crippen LogP contribution < -0.4 is 0 Å². The Hall–Kier alpha value is -0.380. The van der Waals surface area contributed by atoms with Crippen molar-refractivity contribution in [1.82, 2.24) is 0 Å². The van der Waals surface area contributed by atoms with E-state index in [9.17, 15) is 9.00 Å². The maximum atomic E-state index is 11.4. The molecule has 0 amide bonds. The van der Waals surface area contributed by atoms with Gasteiger partial charge in [-0.25, -0.2) is 0 Å². The van der Waals surface area contributed by atoms with Crippen molar-refractivity contribution in [2.45, 2.75) is 33.6 Å². The third kappa shape index (κ3) is 5.03. The summed E-state index contributed by atoms with van der Waals surface area (Å²) in [5, 5.41) is 8.78. The average molecular weight is 206 g/mol. The van der Waals surface area contributed by atoms with Gasteiger partial charge in [0.25, 0.3) is 0 Å². The number of carboxylic acids is 1. The van der Waals surface area contributed by atoms with Gasteiger partial charge in [-0.05, 0) is 20.3 Å². The molecule has 0 fully saturated rings. The van der Waals surface area contributed by atoms with E-state index >= 15 is 0 Å². The molecule has 0 saturated heterocycles. The van der Waals surface area contributed by atoms with Crippen molar-refractivity contribution in [2.75, 3.05) is 11.5 Å². The van der Waals surface area contributed by atoms with Crippen LogP contribution in [0.4, 0.5) is 0 Å². The van der Waals surface area contributed by atoms with Crippen molar-refractivity contribution >= 4 is 16.8 Å². The van der Waals surface area contributed by atoms with Gasteiger partial charge in [-0.3, -0.25) is 9.00 Å². The van der Waals surface area contributed by atoms with Gasteiger partial charge in [0.1, 0.15) is 0 Å². The minimum absolute atomic E-state index is 0.252. The van der Waals surface area contributed by atoms with Crippen LogP contribution >= 0.6 is 0 Å². The molecule has 78 valence electrons. The van der Waals surface area contributed by atoms with Crippen molar-refractivity contribution < 1.29 is 14.1 Å². The number of hydrogen-bond acceptors (Lipinski definition) is 2.